The molecule has 0 aliphatic carbocycles. The molecule has 0 fully saturated rings. The lowest BCUT2D eigenvalue weighted by atomic mass is 10.2. The summed E-state index contributed by atoms with van der Waals surface area (Å²) in [6.45, 7) is 0.344. The molecule has 1 N–H and O–H groups in total. The molecule has 0 bridgehead atoms. The average Bonchev–Trinajstić information content (AvgIpc) is 3.15. The minimum absolute atomic E-state index is 0.239. The van der Waals surface area contributed by atoms with Crippen molar-refractivity contribution in [2.24, 2.45) is 0 Å². The van der Waals surface area contributed by atoms with Crippen LogP contribution in [-0.2, 0) is 6.61 Å². The van der Waals surface area contributed by atoms with Crippen LogP contribution in [-0.4, -0.2) is 18.0 Å². The zero-order valence-corrected chi connectivity index (χ0v) is 17.7. The van der Waals surface area contributed by atoms with Gasteiger partial charge in [-0.15, -0.1) is 11.3 Å². The van der Waals surface area contributed by atoms with Crippen molar-refractivity contribution in [3.63, 3.8) is 0 Å². The predicted molar refractivity (Wildman–Crippen MR) is 109 cm³/mol. The van der Waals surface area contributed by atoms with Crippen LogP contribution in [0.1, 0.15) is 16.1 Å². The van der Waals surface area contributed by atoms with Crippen LogP contribution in [0.3, 0.4) is 0 Å². The Bertz CT molecular complexity index is 917. The molecule has 26 heavy (non-hydrogen) atoms. The summed E-state index contributed by atoms with van der Waals surface area (Å²) in [5.74, 6) is 0.807. The summed E-state index contributed by atoms with van der Waals surface area (Å²) >= 11 is 8.33. The van der Waals surface area contributed by atoms with E-state index in [4.69, 9.17) is 9.47 Å². The summed E-state index contributed by atoms with van der Waals surface area (Å²) < 4.78 is 12.8. The molecule has 0 saturated heterocycles. The van der Waals surface area contributed by atoms with Gasteiger partial charge in [0.1, 0.15) is 6.61 Å². The molecule has 0 aliphatic heterocycles. The maximum atomic E-state index is 12.5. The quantitative estimate of drug-likeness (QED) is 0.487. The normalized spacial score (nSPS) is 10.4. The fourth-order valence-corrected chi connectivity index (χ4v) is 3.86. The van der Waals surface area contributed by atoms with E-state index in [-0.39, 0.29) is 5.91 Å². The zero-order valence-electron chi connectivity index (χ0n) is 13.7. The van der Waals surface area contributed by atoms with Crippen LogP contribution in [0.4, 0.5) is 5.69 Å². The number of nitrogens with zero attached hydrogens (tertiary/aromatic N) is 1. The van der Waals surface area contributed by atoms with Gasteiger partial charge in [0.05, 0.1) is 24.0 Å². The second-order valence-electron chi connectivity index (χ2n) is 5.21. The van der Waals surface area contributed by atoms with Crippen molar-refractivity contribution in [1.82, 2.24) is 4.98 Å². The average molecular weight is 498 g/mol. The lowest BCUT2D eigenvalue weighted by Gasteiger charge is -2.12. The van der Waals surface area contributed by atoms with E-state index in [1.165, 1.54) is 18.4 Å². The highest BCUT2D eigenvalue weighted by Gasteiger charge is 2.13. The molecule has 8 heteroatoms. The number of aromatic nitrogens is 1. The van der Waals surface area contributed by atoms with E-state index in [0.717, 1.165) is 14.6 Å². The minimum atomic E-state index is -0.239. The Hall–Kier alpha value is -1.90. The van der Waals surface area contributed by atoms with Crippen molar-refractivity contribution < 1.29 is 14.3 Å². The third-order valence-electron chi connectivity index (χ3n) is 3.46. The fourth-order valence-electron chi connectivity index (χ4n) is 2.17. The standard InChI is InChI=1S/C18H14Br2N2O3S/c1-24-17-6-11(2-5-16(17)25-8-13-9-26-10-21-13)18(23)22-15-4-3-12(19)7-14(15)20/h2-7,9-10H,8H2,1H3,(H,22,23). The van der Waals surface area contributed by atoms with E-state index >= 15 is 0 Å². The van der Waals surface area contributed by atoms with Gasteiger partial charge in [-0.05, 0) is 52.3 Å². The zero-order chi connectivity index (χ0) is 18.5. The van der Waals surface area contributed by atoms with Crippen LogP contribution in [0.15, 0.2) is 56.2 Å². The van der Waals surface area contributed by atoms with Crippen molar-refractivity contribution in [2.75, 3.05) is 12.4 Å². The van der Waals surface area contributed by atoms with E-state index in [0.29, 0.717) is 29.4 Å². The summed E-state index contributed by atoms with van der Waals surface area (Å²) in [6, 6.07) is 10.6. The fraction of sp³-hybridized carbons (Fsp3) is 0.111. The number of rotatable bonds is 6. The Balaban J connectivity index is 1.74. The Kier molecular flexibility index (Phi) is 6.29. The predicted octanol–water partition coefficient (Wildman–Crippen LogP) is 5.51. The number of methoxy groups -OCH3 is 1. The van der Waals surface area contributed by atoms with Crippen molar-refractivity contribution in [1.29, 1.82) is 0 Å². The van der Waals surface area contributed by atoms with Crippen molar-refractivity contribution in [3.8, 4) is 11.5 Å². The van der Waals surface area contributed by atoms with E-state index in [1.807, 2.05) is 23.6 Å². The Morgan fingerprint density at radius 1 is 1.19 bits per heavy atom. The first-order valence-electron chi connectivity index (χ1n) is 7.51. The lowest BCUT2D eigenvalue weighted by molar-refractivity contribution is 0.102. The lowest BCUT2D eigenvalue weighted by Crippen LogP contribution is -2.12. The second kappa shape index (κ2) is 8.66. The molecule has 1 amide bonds. The third-order valence-corrected chi connectivity index (χ3v) is 5.25. The van der Waals surface area contributed by atoms with Crippen molar-refractivity contribution >= 4 is 54.8 Å². The van der Waals surface area contributed by atoms with Gasteiger partial charge >= 0.3 is 0 Å². The van der Waals surface area contributed by atoms with Gasteiger partial charge in [-0.2, -0.15) is 0 Å². The number of carbonyl (C=O) groups excluding carboxylic acids is 1. The van der Waals surface area contributed by atoms with Gasteiger partial charge in [0.25, 0.3) is 5.91 Å². The highest BCUT2D eigenvalue weighted by Crippen LogP contribution is 2.30. The Labute approximate surface area is 171 Å². The molecular weight excluding hydrogens is 484 g/mol. The molecule has 0 radical (unpaired) electrons. The highest BCUT2D eigenvalue weighted by molar-refractivity contribution is 9.11. The molecule has 0 unspecified atom stereocenters. The largest absolute Gasteiger partial charge is 0.493 e. The van der Waals surface area contributed by atoms with Gasteiger partial charge in [-0.25, -0.2) is 4.98 Å². The topological polar surface area (TPSA) is 60.5 Å². The van der Waals surface area contributed by atoms with E-state index < -0.39 is 0 Å². The molecule has 3 aromatic rings. The maximum absolute atomic E-state index is 12.5. The smallest absolute Gasteiger partial charge is 0.255 e. The number of amides is 1. The van der Waals surface area contributed by atoms with E-state index in [9.17, 15) is 4.79 Å². The summed E-state index contributed by atoms with van der Waals surface area (Å²) in [5, 5.41) is 4.79. The van der Waals surface area contributed by atoms with Crippen LogP contribution in [0.25, 0.3) is 0 Å². The molecule has 2 aromatic carbocycles. The molecule has 5 nitrogen and oxygen atoms in total. The molecule has 0 spiro atoms. The summed E-state index contributed by atoms with van der Waals surface area (Å²) in [6.07, 6.45) is 0. The molecule has 0 saturated carbocycles. The summed E-state index contributed by atoms with van der Waals surface area (Å²) in [5.41, 5.74) is 3.75. The summed E-state index contributed by atoms with van der Waals surface area (Å²) in [4.78, 5) is 16.7. The van der Waals surface area contributed by atoms with Gasteiger partial charge in [0.15, 0.2) is 11.5 Å². The molecule has 3 rings (SSSR count). The molecule has 0 aliphatic rings. The number of hydrogen-bond donors (Lipinski definition) is 1. The van der Waals surface area contributed by atoms with Crippen LogP contribution in [0, 0.1) is 0 Å². The van der Waals surface area contributed by atoms with E-state index in [1.54, 1.807) is 23.7 Å². The van der Waals surface area contributed by atoms with Crippen molar-refractivity contribution in [3.05, 3.63) is 67.5 Å². The maximum Gasteiger partial charge on any atom is 0.255 e. The third kappa shape index (κ3) is 4.63. The number of benzene rings is 2. The highest BCUT2D eigenvalue weighted by atomic mass is 79.9. The summed E-state index contributed by atoms with van der Waals surface area (Å²) in [7, 11) is 1.54. The monoisotopic (exact) mass is 496 g/mol. The van der Waals surface area contributed by atoms with E-state index in [2.05, 4.69) is 42.2 Å². The van der Waals surface area contributed by atoms with Crippen LogP contribution >= 0.6 is 43.2 Å². The van der Waals surface area contributed by atoms with Gasteiger partial charge in [-0.1, -0.05) is 15.9 Å². The number of thiazole rings is 1. The molecule has 1 heterocycles. The minimum Gasteiger partial charge on any atom is -0.493 e. The van der Waals surface area contributed by atoms with Crippen LogP contribution < -0.4 is 14.8 Å². The molecule has 1 aromatic heterocycles. The van der Waals surface area contributed by atoms with Gasteiger partial charge < -0.3 is 14.8 Å². The second-order valence-corrected chi connectivity index (χ2v) is 7.70. The van der Waals surface area contributed by atoms with Gasteiger partial charge in [0.2, 0.25) is 0 Å². The van der Waals surface area contributed by atoms with Crippen LogP contribution in [0.5, 0.6) is 11.5 Å². The number of anilines is 1. The number of halogens is 2. The molecular formula is C18H14Br2N2O3S. The number of nitrogens with one attached hydrogen (secondary N) is 1. The first-order chi connectivity index (χ1) is 12.6. The number of carbonyl (C=O) groups is 1. The van der Waals surface area contributed by atoms with Gasteiger partial charge in [-0.3, -0.25) is 4.79 Å². The Morgan fingerprint density at radius 3 is 2.73 bits per heavy atom. The SMILES string of the molecule is COc1cc(C(=O)Nc2ccc(Br)cc2Br)ccc1OCc1cscn1. The number of ether oxygens (including phenoxy) is 2. The Morgan fingerprint density at radius 2 is 2.04 bits per heavy atom. The van der Waals surface area contributed by atoms with Gasteiger partial charge in [0, 0.05) is 19.9 Å². The molecule has 0 atom stereocenters. The number of hydrogen-bond acceptors (Lipinski definition) is 5. The molecule has 134 valence electrons. The first kappa shape index (κ1) is 18.9. The first-order valence-corrected chi connectivity index (χ1v) is 10.0. The van der Waals surface area contributed by atoms with Crippen LogP contribution in [0.2, 0.25) is 0 Å². The van der Waals surface area contributed by atoms with Crippen molar-refractivity contribution in [2.45, 2.75) is 6.61 Å².